The van der Waals surface area contributed by atoms with Crippen LogP contribution in [0.4, 0.5) is 11.4 Å². The van der Waals surface area contributed by atoms with Crippen molar-refractivity contribution < 1.29 is 0 Å². The van der Waals surface area contributed by atoms with Gasteiger partial charge in [0.25, 0.3) is 11.1 Å². The summed E-state index contributed by atoms with van der Waals surface area (Å²) in [7, 11) is 0. The summed E-state index contributed by atoms with van der Waals surface area (Å²) in [5, 5.41) is 3.96. The smallest absolute Gasteiger partial charge is 0.341 e. The van der Waals surface area contributed by atoms with E-state index in [1.807, 2.05) is 12.1 Å². The van der Waals surface area contributed by atoms with Crippen LogP contribution >= 0.6 is 11.6 Å². The van der Waals surface area contributed by atoms with Crippen molar-refractivity contribution in [2.75, 3.05) is 5.32 Å². The zero-order chi connectivity index (χ0) is 24.5. The van der Waals surface area contributed by atoms with Gasteiger partial charge in [-0.05, 0) is 55.5 Å². The van der Waals surface area contributed by atoms with Gasteiger partial charge in [0, 0.05) is 23.3 Å². The molecule has 0 aliphatic carbocycles. The molecule has 8 heteroatoms. The molecule has 0 unspecified atom stereocenters. The number of pyridine rings is 1. The van der Waals surface area contributed by atoms with Gasteiger partial charge >= 0.3 is 5.69 Å². The van der Waals surface area contributed by atoms with E-state index in [1.54, 1.807) is 79.7 Å². The number of para-hydroxylation sites is 2. The van der Waals surface area contributed by atoms with Gasteiger partial charge in [-0.25, -0.2) is 13.9 Å². The first kappa shape index (κ1) is 22.4. The zero-order valence-corrected chi connectivity index (χ0v) is 19.6. The van der Waals surface area contributed by atoms with Crippen LogP contribution in [0.1, 0.15) is 6.92 Å². The molecule has 0 saturated carbocycles. The van der Waals surface area contributed by atoms with E-state index in [0.717, 1.165) is 4.57 Å². The molecule has 0 saturated heterocycles. The van der Waals surface area contributed by atoms with E-state index in [-0.39, 0.29) is 23.1 Å². The lowest BCUT2D eigenvalue weighted by atomic mass is 10.2. The van der Waals surface area contributed by atoms with Crippen LogP contribution in [0.5, 0.6) is 0 Å². The first-order valence-corrected chi connectivity index (χ1v) is 11.5. The minimum atomic E-state index is -0.565. The minimum absolute atomic E-state index is 0.216. The van der Waals surface area contributed by atoms with Crippen molar-refractivity contribution in [1.29, 1.82) is 0 Å². The molecule has 0 atom stereocenters. The summed E-state index contributed by atoms with van der Waals surface area (Å²) >= 11 is 6.02. The number of anilines is 2. The second-order valence-electron chi connectivity index (χ2n) is 7.90. The Balaban J connectivity index is 1.97. The number of fused-ring (bicyclic) bond motifs is 1. The molecule has 5 aromatic rings. The molecule has 0 spiro atoms. The maximum absolute atomic E-state index is 14.0. The van der Waals surface area contributed by atoms with E-state index < -0.39 is 11.2 Å². The van der Waals surface area contributed by atoms with Crippen LogP contribution in [0.15, 0.2) is 105 Å². The number of aryl methyl sites for hydroxylation is 1. The van der Waals surface area contributed by atoms with Crippen LogP contribution in [-0.4, -0.2) is 13.7 Å². The average molecular weight is 485 g/mol. The average Bonchev–Trinajstić information content (AvgIpc) is 2.87. The number of benzene rings is 3. The third kappa shape index (κ3) is 3.96. The van der Waals surface area contributed by atoms with Crippen molar-refractivity contribution >= 4 is 34.0 Å². The number of hydrogen-bond donors (Lipinski definition) is 1. The monoisotopic (exact) mass is 484 g/mol. The molecule has 1 N–H and O–H groups in total. The summed E-state index contributed by atoms with van der Waals surface area (Å²) < 4.78 is 3.99. The maximum atomic E-state index is 14.0. The number of nitrogens with zero attached hydrogens (tertiary/aromatic N) is 3. The molecule has 3 aromatic carbocycles. The Morgan fingerprint density at radius 3 is 1.91 bits per heavy atom. The Bertz CT molecular complexity index is 1700. The standard InChI is InChI=1S/C27H21ClN4O3/c1-2-30-23(33)17-22(29-19-15-13-18(28)14-16-19)24-25(30)31(20-9-5-3-6-10-20)27(35)32(26(24)34)21-11-7-4-8-12-21/h3-17,29H,2H2,1H3. The number of aromatic nitrogens is 3. The molecule has 2 heterocycles. The molecule has 0 aliphatic rings. The van der Waals surface area contributed by atoms with Gasteiger partial charge in [0.1, 0.15) is 11.0 Å². The predicted molar refractivity (Wildman–Crippen MR) is 140 cm³/mol. The molecule has 0 radical (unpaired) electrons. The van der Waals surface area contributed by atoms with Gasteiger partial charge in [0.2, 0.25) is 0 Å². The molecule has 174 valence electrons. The van der Waals surface area contributed by atoms with Gasteiger partial charge < -0.3 is 5.32 Å². The lowest BCUT2D eigenvalue weighted by molar-refractivity contribution is 0.717. The summed E-state index contributed by atoms with van der Waals surface area (Å²) in [5.41, 5.74) is 0.719. The molecule has 0 aliphatic heterocycles. The van der Waals surface area contributed by atoms with Crippen LogP contribution < -0.4 is 22.1 Å². The third-order valence-corrected chi connectivity index (χ3v) is 6.01. The zero-order valence-electron chi connectivity index (χ0n) is 18.8. The van der Waals surface area contributed by atoms with Crippen molar-refractivity contribution in [3.05, 3.63) is 127 Å². The summed E-state index contributed by atoms with van der Waals surface area (Å²) in [6, 6.07) is 26.0. The Kier molecular flexibility index (Phi) is 5.84. The van der Waals surface area contributed by atoms with Gasteiger partial charge in [0.15, 0.2) is 0 Å². The largest absolute Gasteiger partial charge is 0.355 e. The summed E-state index contributed by atoms with van der Waals surface area (Å²) in [6.45, 7) is 2.08. The Morgan fingerprint density at radius 1 is 0.771 bits per heavy atom. The highest BCUT2D eigenvalue weighted by Gasteiger charge is 2.22. The molecule has 0 fully saturated rings. The topological polar surface area (TPSA) is 78.0 Å². The van der Waals surface area contributed by atoms with Crippen molar-refractivity contribution in [2.24, 2.45) is 0 Å². The predicted octanol–water partition coefficient (Wildman–Crippen LogP) is 4.72. The molecule has 5 rings (SSSR count). The van der Waals surface area contributed by atoms with Crippen molar-refractivity contribution in [1.82, 2.24) is 13.7 Å². The summed E-state index contributed by atoms with van der Waals surface area (Å²) in [4.78, 5) is 41.0. The van der Waals surface area contributed by atoms with Crippen LogP contribution in [0, 0.1) is 0 Å². The molecular formula is C27H21ClN4O3. The van der Waals surface area contributed by atoms with Crippen molar-refractivity contribution in [3.8, 4) is 11.4 Å². The van der Waals surface area contributed by atoms with Gasteiger partial charge in [-0.3, -0.25) is 14.2 Å². The fourth-order valence-corrected chi connectivity index (χ4v) is 4.30. The lowest BCUT2D eigenvalue weighted by Crippen LogP contribution is -2.41. The molecule has 2 aromatic heterocycles. The lowest BCUT2D eigenvalue weighted by Gasteiger charge is -2.20. The Morgan fingerprint density at radius 2 is 1.34 bits per heavy atom. The summed E-state index contributed by atoms with van der Waals surface area (Å²) in [5.74, 6) is 0. The van der Waals surface area contributed by atoms with Crippen LogP contribution in [0.25, 0.3) is 22.4 Å². The van der Waals surface area contributed by atoms with E-state index in [9.17, 15) is 14.4 Å². The van der Waals surface area contributed by atoms with Gasteiger partial charge in [-0.1, -0.05) is 48.0 Å². The first-order chi connectivity index (χ1) is 17.0. The number of halogens is 1. The van der Waals surface area contributed by atoms with E-state index >= 15 is 0 Å². The second kappa shape index (κ2) is 9.12. The van der Waals surface area contributed by atoms with E-state index in [1.165, 1.54) is 15.2 Å². The highest BCUT2D eigenvalue weighted by Crippen LogP contribution is 2.25. The number of hydrogen-bond acceptors (Lipinski definition) is 4. The minimum Gasteiger partial charge on any atom is -0.355 e. The van der Waals surface area contributed by atoms with Gasteiger partial charge in [-0.2, -0.15) is 0 Å². The summed E-state index contributed by atoms with van der Waals surface area (Å²) in [6.07, 6.45) is 0. The van der Waals surface area contributed by atoms with Crippen LogP contribution in [-0.2, 0) is 6.54 Å². The Hall–Kier alpha value is -4.36. The molecule has 35 heavy (non-hydrogen) atoms. The van der Waals surface area contributed by atoms with E-state index in [0.29, 0.717) is 27.8 Å². The maximum Gasteiger partial charge on any atom is 0.341 e. The molecule has 7 nitrogen and oxygen atoms in total. The number of rotatable bonds is 5. The van der Waals surface area contributed by atoms with E-state index in [4.69, 9.17) is 11.6 Å². The van der Waals surface area contributed by atoms with Crippen LogP contribution in [0.3, 0.4) is 0 Å². The fraction of sp³-hybridized carbons (Fsp3) is 0.0741. The normalized spacial score (nSPS) is 11.0. The van der Waals surface area contributed by atoms with Crippen LogP contribution in [0.2, 0.25) is 5.02 Å². The first-order valence-electron chi connectivity index (χ1n) is 11.1. The Labute approximate surface area is 205 Å². The van der Waals surface area contributed by atoms with Crippen molar-refractivity contribution in [3.63, 3.8) is 0 Å². The molecule has 0 bridgehead atoms. The van der Waals surface area contributed by atoms with E-state index in [2.05, 4.69) is 5.32 Å². The third-order valence-electron chi connectivity index (χ3n) is 5.76. The molecule has 0 amide bonds. The van der Waals surface area contributed by atoms with Gasteiger partial charge in [0.05, 0.1) is 17.1 Å². The number of nitrogens with one attached hydrogen (secondary N) is 1. The highest BCUT2D eigenvalue weighted by atomic mass is 35.5. The second-order valence-corrected chi connectivity index (χ2v) is 8.34. The SMILES string of the molecule is CCn1c(=O)cc(Nc2ccc(Cl)cc2)c2c(=O)n(-c3ccccc3)c(=O)n(-c3ccccc3)c21. The van der Waals surface area contributed by atoms with Crippen molar-refractivity contribution in [2.45, 2.75) is 13.5 Å². The highest BCUT2D eigenvalue weighted by molar-refractivity contribution is 6.30. The van der Waals surface area contributed by atoms with Gasteiger partial charge in [-0.15, -0.1) is 0 Å². The fourth-order valence-electron chi connectivity index (χ4n) is 4.17. The quantitative estimate of drug-likeness (QED) is 0.391. The molecular weight excluding hydrogens is 464 g/mol.